The minimum atomic E-state index is -3.86. The number of amides is 1. The molecule has 50 heavy (non-hydrogen) atoms. The first kappa shape index (κ1) is 36.9. The predicted molar refractivity (Wildman–Crippen MR) is 191 cm³/mol. The maximum Gasteiger partial charge on any atom is 0.266 e. The number of carbonyl (C=O) groups excluding carboxylic acids is 1. The molecule has 5 rings (SSSR count). The molecule has 1 aliphatic rings. The highest BCUT2D eigenvalue weighted by Crippen LogP contribution is 2.45. The minimum Gasteiger partial charge on any atom is -0.494 e. The molecule has 1 heterocycles. The number of sulfone groups is 1. The van der Waals surface area contributed by atoms with Crippen molar-refractivity contribution >= 4 is 44.8 Å². The number of hydrogen-bond donors (Lipinski definition) is 3. The molecule has 1 amide bonds. The summed E-state index contributed by atoms with van der Waals surface area (Å²) in [7, 11) is -0.821. The summed E-state index contributed by atoms with van der Waals surface area (Å²) in [6.45, 7) is 0.466. The van der Waals surface area contributed by atoms with E-state index in [2.05, 4.69) is 10.9 Å². The van der Waals surface area contributed by atoms with Crippen LogP contribution >= 0.6 is 23.2 Å². The highest BCUT2D eigenvalue weighted by Gasteiger charge is 2.54. The van der Waals surface area contributed by atoms with E-state index >= 15 is 0 Å². The second kappa shape index (κ2) is 16.6. The van der Waals surface area contributed by atoms with Gasteiger partial charge in [0.1, 0.15) is 5.75 Å². The Bertz CT molecular complexity index is 1930. The van der Waals surface area contributed by atoms with Gasteiger partial charge in [-0.3, -0.25) is 10.2 Å². The van der Waals surface area contributed by atoms with Gasteiger partial charge in [0.2, 0.25) is 5.90 Å². The molecule has 4 aromatic carbocycles. The second-order valence-electron chi connectivity index (χ2n) is 11.3. The van der Waals surface area contributed by atoms with Crippen molar-refractivity contribution in [2.24, 2.45) is 4.99 Å². The van der Waals surface area contributed by atoms with E-state index in [9.17, 15) is 13.2 Å². The Labute approximate surface area is 301 Å². The second-order valence-corrected chi connectivity index (χ2v) is 14.2. The van der Waals surface area contributed by atoms with Crippen LogP contribution in [0.1, 0.15) is 35.6 Å². The third kappa shape index (κ3) is 8.34. The van der Waals surface area contributed by atoms with Gasteiger partial charge >= 0.3 is 0 Å². The third-order valence-corrected chi connectivity index (χ3v) is 10.4. The summed E-state index contributed by atoms with van der Waals surface area (Å²) in [6.07, 6.45) is -0.944. The van der Waals surface area contributed by atoms with Crippen molar-refractivity contribution in [2.75, 3.05) is 33.2 Å². The standard InChI is InChI=1S/C36H37Cl2N3O8S/c1-46-31-11-6-8-25(32(31)47-2)23-39-41-35(43)36(18-21-50(44,45)28-9-4-3-5-10-28)33(29-17-14-26(37)22-30(29)38)49-34(40-36)24-12-15-27(16-13-24)48-20-7-19-42/h3-6,8-17,22,33,39,42H,7,18-21,23H2,1-2H3,(H,41,43)/t33-,36-/m0/s1. The molecule has 0 radical (unpaired) electrons. The molecule has 14 heteroatoms. The van der Waals surface area contributed by atoms with Gasteiger partial charge in [0, 0.05) is 52.7 Å². The van der Waals surface area contributed by atoms with Crippen LogP contribution in [-0.2, 0) is 25.9 Å². The average Bonchev–Trinajstić information content (AvgIpc) is 3.52. The first-order chi connectivity index (χ1) is 24.1. The smallest absolute Gasteiger partial charge is 0.266 e. The lowest BCUT2D eigenvalue weighted by Crippen LogP contribution is -2.53. The van der Waals surface area contributed by atoms with E-state index in [1.165, 1.54) is 32.4 Å². The van der Waals surface area contributed by atoms with Crippen molar-refractivity contribution in [3.63, 3.8) is 0 Å². The number of benzene rings is 4. The molecule has 0 aliphatic carbocycles. The lowest BCUT2D eigenvalue weighted by molar-refractivity contribution is -0.130. The van der Waals surface area contributed by atoms with Gasteiger partial charge in [-0.2, -0.15) is 0 Å². The van der Waals surface area contributed by atoms with Crippen LogP contribution in [0.5, 0.6) is 17.2 Å². The average molecular weight is 743 g/mol. The predicted octanol–water partition coefficient (Wildman–Crippen LogP) is 5.71. The topological polar surface area (TPSA) is 145 Å². The first-order valence-electron chi connectivity index (χ1n) is 15.7. The minimum absolute atomic E-state index is 0.00343. The Morgan fingerprint density at radius 1 is 0.980 bits per heavy atom. The number of rotatable bonds is 16. The first-order valence-corrected chi connectivity index (χ1v) is 18.1. The molecule has 0 spiro atoms. The number of para-hydroxylation sites is 1. The van der Waals surface area contributed by atoms with Gasteiger partial charge in [0.15, 0.2) is 33.0 Å². The molecule has 0 aromatic heterocycles. The fraction of sp³-hybridized carbons (Fsp3) is 0.278. The largest absolute Gasteiger partial charge is 0.494 e. The summed E-state index contributed by atoms with van der Waals surface area (Å²) < 4.78 is 50.3. The van der Waals surface area contributed by atoms with Crippen molar-refractivity contribution < 1.29 is 37.3 Å². The number of nitrogens with one attached hydrogen (secondary N) is 2. The third-order valence-electron chi connectivity index (χ3n) is 8.09. The van der Waals surface area contributed by atoms with E-state index < -0.39 is 33.1 Å². The Kier molecular flexibility index (Phi) is 12.3. The Morgan fingerprint density at radius 2 is 1.74 bits per heavy atom. The number of nitrogens with zero attached hydrogens (tertiary/aromatic N) is 1. The summed E-state index contributed by atoms with van der Waals surface area (Å²) >= 11 is 12.9. The molecule has 0 saturated heterocycles. The number of hydrogen-bond acceptors (Lipinski definition) is 10. The molecule has 11 nitrogen and oxygen atoms in total. The highest BCUT2D eigenvalue weighted by molar-refractivity contribution is 7.91. The van der Waals surface area contributed by atoms with Gasteiger partial charge in [0.25, 0.3) is 5.91 Å². The molecule has 264 valence electrons. The van der Waals surface area contributed by atoms with E-state index in [-0.39, 0.29) is 35.4 Å². The highest BCUT2D eigenvalue weighted by atomic mass is 35.5. The van der Waals surface area contributed by atoms with Crippen LogP contribution in [0.25, 0.3) is 0 Å². The number of aliphatic hydroxyl groups is 1. The summed E-state index contributed by atoms with van der Waals surface area (Å²) in [5.41, 5.74) is 5.46. The van der Waals surface area contributed by atoms with Crippen LogP contribution in [0.4, 0.5) is 0 Å². The zero-order valence-corrected chi connectivity index (χ0v) is 29.7. The molecule has 4 aromatic rings. The number of aliphatic hydroxyl groups excluding tert-OH is 1. The van der Waals surface area contributed by atoms with Gasteiger partial charge < -0.3 is 24.1 Å². The summed E-state index contributed by atoms with van der Waals surface area (Å²) in [6, 6.07) is 25.0. The van der Waals surface area contributed by atoms with Crippen LogP contribution in [0.15, 0.2) is 101 Å². The van der Waals surface area contributed by atoms with Gasteiger partial charge in [-0.15, -0.1) is 0 Å². The number of methoxy groups -OCH3 is 2. The van der Waals surface area contributed by atoms with Crippen molar-refractivity contribution in [2.45, 2.75) is 35.9 Å². The van der Waals surface area contributed by atoms with Crippen LogP contribution in [0.3, 0.4) is 0 Å². The maximum atomic E-state index is 14.5. The molecule has 0 unspecified atom stereocenters. The number of hydrazine groups is 1. The van der Waals surface area contributed by atoms with Crippen LogP contribution in [0.2, 0.25) is 10.0 Å². The van der Waals surface area contributed by atoms with Gasteiger partial charge in [0.05, 0.1) is 31.5 Å². The summed E-state index contributed by atoms with van der Waals surface area (Å²) in [5.74, 6) is 0.574. The fourth-order valence-corrected chi connectivity index (χ4v) is 7.41. The molecule has 0 fully saturated rings. The van der Waals surface area contributed by atoms with E-state index in [1.54, 1.807) is 66.7 Å². The van der Waals surface area contributed by atoms with Gasteiger partial charge in [-0.05, 0) is 54.6 Å². The van der Waals surface area contributed by atoms with E-state index in [0.29, 0.717) is 52.0 Å². The number of halogens is 2. The maximum absolute atomic E-state index is 14.5. The summed E-state index contributed by atoms with van der Waals surface area (Å²) in [4.78, 5) is 19.5. The van der Waals surface area contributed by atoms with Gasteiger partial charge in [-0.25, -0.2) is 18.8 Å². The Hall–Kier alpha value is -4.33. The van der Waals surface area contributed by atoms with E-state index in [4.69, 9.17) is 52.2 Å². The van der Waals surface area contributed by atoms with Crippen LogP contribution in [0, 0.1) is 0 Å². The van der Waals surface area contributed by atoms with Crippen molar-refractivity contribution in [3.8, 4) is 17.2 Å². The number of aliphatic imine (C=N–C) groups is 1. The lowest BCUT2D eigenvalue weighted by Gasteiger charge is -2.31. The van der Waals surface area contributed by atoms with Crippen molar-refractivity contribution in [1.29, 1.82) is 0 Å². The van der Waals surface area contributed by atoms with Crippen molar-refractivity contribution in [3.05, 3.63) is 118 Å². The Balaban J connectivity index is 1.54. The number of carbonyl (C=O) groups is 1. The Morgan fingerprint density at radius 3 is 2.42 bits per heavy atom. The molecule has 1 aliphatic heterocycles. The zero-order chi connectivity index (χ0) is 35.7. The van der Waals surface area contributed by atoms with Crippen LogP contribution < -0.4 is 25.1 Å². The van der Waals surface area contributed by atoms with Gasteiger partial charge in [-0.1, -0.05) is 59.6 Å². The lowest BCUT2D eigenvalue weighted by atomic mass is 9.85. The molecule has 3 N–H and O–H groups in total. The summed E-state index contributed by atoms with van der Waals surface area (Å²) in [5, 5.41) is 9.66. The molecular weight excluding hydrogens is 705 g/mol. The fourth-order valence-electron chi connectivity index (χ4n) is 5.52. The molecular formula is C36H37Cl2N3O8S. The van der Waals surface area contributed by atoms with Crippen LogP contribution in [-0.4, -0.2) is 64.1 Å². The SMILES string of the molecule is COc1cccc(CNNC(=O)[C@@]2(CCS(=O)(=O)c3ccccc3)N=C(c3ccc(OCCCO)cc3)O[C@H]2c2ccc(Cl)cc2Cl)c1OC. The molecule has 0 bridgehead atoms. The zero-order valence-electron chi connectivity index (χ0n) is 27.4. The molecule has 0 saturated carbocycles. The molecule has 2 atom stereocenters. The van der Waals surface area contributed by atoms with E-state index in [1.807, 2.05) is 6.07 Å². The quantitative estimate of drug-likeness (QED) is 0.0971. The van der Waals surface area contributed by atoms with E-state index in [0.717, 1.165) is 0 Å². The van der Waals surface area contributed by atoms with Crippen molar-refractivity contribution in [1.82, 2.24) is 10.9 Å². The normalized spacial score (nSPS) is 17.1. The number of ether oxygens (including phenoxy) is 4. The monoisotopic (exact) mass is 741 g/mol.